The number of Topliss-reactive ketones (excluding diaryl/α,β-unsaturated/α-hetero) is 1. The van der Waals surface area contributed by atoms with Gasteiger partial charge < -0.3 is 24.0 Å². The van der Waals surface area contributed by atoms with Gasteiger partial charge in [-0.25, -0.2) is 0 Å². The SMILES string of the molecule is CN(C)CCCN(CCCN(C)C)C(=O)C(=O)c1c(COc2ccc(Cl)cc2)n(C)c2ccccc12. The highest BCUT2D eigenvalue weighted by Gasteiger charge is 2.29. The van der Waals surface area contributed by atoms with E-state index in [0.717, 1.165) is 36.8 Å². The minimum absolute atomic E-state index is 0.155. The lowest BCUT2D eigenvalue weighted by Crippen LogP contribution is -2.40. The van der Waals surface area contributed by atoms with Crippen LogP contribution >= 0.6 is 11.6 Å². The summed E-state index contributed by atoms with van der Waals surface area (Å²) in [5.74, 6) is -0.309. The van der Waals surface area contributed by atoms with Crippen LogP contribution in [0.5, 0.6) is 5.75 Å². The summed E-state index contributed by atoms with van der Waals surface area (Å²) in [4.78, 5) is 33.3. The maximum atomic E-state index is 13.8. The first-order valence-electron chi connectivity index (χ1n) is 12.3. The summed E-state index contributed by atoms with van der Waals surface area (Å²) < 4.78 is 7.94. The Labute approximate surface area is 219 Å². The van der Waals surface area contributed by atoms with Gasteiger partial charge in [0.2, 0.25) is 0 Å². The Hall–Kier alpha value is -2.87. The summed E-state index contributed by atoms with van der Waals surface area (Å²) in [5.41, 5.74) is 1.97. The number of hydrogen-bond donors (Lipinski definition) is 0. The van der Waals surface area contributed by atoms with Crippen molar-refractivity contribution >= 4 is 34.2 Å². The smallest absolute Gasteiger partial charge is 0.295 e. The number of para-hydroxylation sites is 1. The summed E-state index contributed by atoms with van der Waals surface area (Å²) in [6.45, 7) is 2.93. The van der Waals surface area contributed by atoms with E-state index < -0.39 is 11.7 Å². The van der Waals surface area contributed by atoms with Crippen LogP contribution in [0.4, 0.5) is 0 Å². The van der Waals surface area contributed by atoms with Crippen LogP contribution in [0.25, 0.3) is 10.9 Å². The average Bonchev–Trinajstić information content (AvgIpc) is 3.13. The molecule has 7 nitrogen and oxygen atoms in total. The predicted molar refractivity (Wildman–Crippen MR) is 146 cm³/mol. The molecule has 0 saturated carbocycles. The molecule has 0 spiro atoms. The Morgan fingerprint density at radius 1 is 0.861 bits per heavy atom. The molecule has 0 atom stereocenters. The molecule has 0 fully saturated rings. The van der Waals surface area contributed by atoms with Gasteiger partial charge in [-0.15, -0.1) is 0 Å². The van der Waals surface area contributed by atoms with Crippen molar-refractivity contribution in [3.8, 4) is 5.75 Å². The van der Waals surface area contributed by atoms with Crippen molar-refractivity contribution in [3.63, 3.8) is 0 Å². The van der Waals surface area contributed by atoms with Crippen molar-refractivity contribution in [1.29, 1.82) is 0 Å². The number of ether oxygens (including phenoxy) is 1. The lowest BCUT2D eigenvalue weighted by atomic mass is 10.0. The van der Waals surface area contributed by atoms with Gasteiger partial charge in [-0.1, -0.05) is 29.8 Å². The van der Waals surface area contributed by atoms with Gasteiger partial charge in [0.05, 0.1) is 11.3 Å². The first-order chi connectivity index (χ1) is 17.2. The van der Waals surface area contributed by atoms with Crippen LogP contribution in [0.1, 0.15) is 28.9 Å². The number of benzene rings is 2. The number of rotatable bonds is 13. The van der Waals surface area contributed by atoms with E-state index in [9.17, 15) is 9.59 Å². The number of halogens is 1. The molecule has 0 aliphatic rings. The third-order valence-electron chi connectivity index (χ3n) is 6.19. The van der Waals surface area contributed by atoms with E-state index in [2.05, 4.69) is 9.80 Å². The van der Waals surface area contributed by atoms with Gasteiger partial charge in [-0.05, 0) is 84.5 Å². The zero-order valence-corrected chi connectivity index (χ0v) is 22.7. The zero-order chi connectivity index (χ0) is 26.2. The van der Waals surface area contributed by atoms with Crippen LogP contribution in [0, 0.1) is 0 Å². The molecule has 194 valence electrons. The lowest BCUT2D eigenvalue weighted by Gasteiger charge is -2.24. The molecule has 2 aromatic carbocycles. The highest BCUT2D eigenvalue weighted by atomic mass is 35.5. The molecular formula is C28H37ClN4O3. The molecule has 1 amide bonds. The number of aryl methyl sites for hydroxylation is 1. The summed E-state index contributed by atoms with van der Waals surface area (Å²) in [5, 5.41) is 1.38. The van der Waals surface area contributed by atoms with E-state index in [1.165, 1.54) is 0 Å². The average molecular weight is 513 g/mol. The van der Waals surface area contributed by atoms with Gasteiger partial charge in [0.25, 0.3) is 11.7 Å². The molecule has 0 N–H and O–H groups in total. The standard InChI is InChI=1S/C28H37ClN4O3/c1-30(2)16-8-18-33(19-9-17-31(3)4)28(35)27(34)26-23-10-6-7-11-24(23)32(5)25(26)20-36-22-14-12-21(29)13-15-22/h6-7,10-15H,8-9,16-20H2,1-5H3. The summed E-state index contributed by atoms with van der Waals surface area (Å²) in [6, 6.07) is 14.7. The van der Waals surface area contributed by atoms with E-state index in [-0.39, 0.29) is 6.61 Å². The number of carbonyl (C=O) groups excluding carboxylic acids is 2. The number of carbonyl (C=O) groups is 2. The second-order valence-electron chi connectivity index (χ2n) is 9.58. The molecular weight excluding hydrogens is 476 g/mol. The number of amides is 1. The first-order valence-corrected chi connectivity index (χ1v) is 12.6. The number of hydrogen-bond acceptors (Lipinski definition) is 5. The molecule has 0 aliphatic heterocycles. The van der Waals surface area contributed by atoms with Crippen molar-refractivity contribution in [3.05, 3.63) is 64.8 Å². The van der Waals surface area contributed by atoms with Crippen LogP contribution < -0.4 is 4.74 Å². The molecule has 36 heavy (non-hydrogen) atoms. The summed E-state index contributed by atoms with van der Waals surface area (Å²) in [6.07, 6.45) is 1.60. The Balaban J connectivity index is 1.90. The van der Waals surface area contributed by atoms with Crippen LogP contribution in [-0.2, 0) is 18.4 Å². The molecule has 3 rings (SSSR count). The van der Waals surface area contributed by atoms with Gasteiger partial charge in [-0.3, -0.25) is 9.59 Å². The Morgan fingerprint density at radius 3 is 2.03 bits per heavy atom. The predicted octanol–water partition coefficient (Wildman–Crippen LogP) is 4.33. The van der Waals surface area contributed by atoms with E-state index in [0.29, 0.717) is 35.1 Å². The molecule has 8 heteroatoms. The third-order valence-corrected chi connectivity index (χ3v) is 6.44. The van der Waals surface area contributed by atoms with Gasteiger partial charge >= 0.3 is 0 Å². The summed E-state index contributed by atoms with van der Waals surface area (Å²) >= 11 is 5.99. The van der Waals surface area contributed by atoms with Crippen molar-refractivity contribution < 1.29 is 14.3 Å². The normalized spacial score (nSPS) is 11.4. The van der Waals surface area contributed by atoms with Crippen molar-refractivity contribution in [2.75, 3.05) is 54.4 Å². The van der Waals surface area contributed by atoms with Crippen LogP contribution in [0.2, 0.25) is 5.02 Å². The highest BCUT2D eigenvalue weighted by molar-refractivity contribution is 6.45. The van der Waals surface area contributed by atoms with Crippen LogP contribution in [0.15, 0.2) is 48.5 Å². The number of fused-ring (bicyclic) bond motifs is 1. The molecule has 1 heterocycles. The molecule has 0 aliphatic carbocycles. The molecule has 1 aromatic heterocycles. The van der Waals surface area contributed by atoms with Gasteiger partial charge in [0.1, 0.15) is 12.4 Å². The fourth-order valence-corrected chi connectivity index (χ4v) is 4.40. The molecule has 0 bridgehead atoms. The second-order valence-corrected chi connectivity index (χ2v) is 10.0. The minimum atomic E-state index is -0.490. The van der Waals surface area contributed by atoms with E-state index in [1.807, 2.05) is 64.1 Å². The topological polar surface area (TPSA) is 58.0 Å². The molecule has 3 aromatic rings. The van der Waals surface area contributed by atoms with E-state index >= 15 is 0 Å². The monoisotopic (exact) mass is 512 g/mol. The maximum absolute atomic E-state index is 13.8. The van der Waals surface area contributed by atoms with Gasteiger partial charge in [-0.2, -0.15) is 0 Å². The second kappa shape index (κ2) is 12.9. The summed E-state index contributed by atoms with van der Waals surface area (Å²) in [7, 11) is 9.92. The molecule has 0 radical (unpaired) electrons. The quantitative estimate of drug-likeness (QED) is 0.252. The lowest BCUT2D eigenvalue weighted by molar-refractivity contribution is -0.126. The maximum Gasteiger partial charge on any atom is 0.295 e. The van der Waals surface area contributed by atoms with Crippen molar-refractivity contribution in [2.45, 2.75) is 19.4 Å². The number of ketones is 1. The van der Waals surface area contributed by atoms with Gasteiger partial charge in [0.15, 0.2) is 0 Å². The fraction of sp³-hybridized carbons (Fsp3) is 0.429. The van der Waals surface area contributed by atoms with E-state index in [4.69, 9.17) is 16.3 Å². The van der Waals surface area contributed by atoms with Crippen molar-refractivity contribution in [2.24, 2.45) is 7.05 Å². The Morgan fingerprint density at radius 2 is 1.44 bits per heavy atom. The van der Waals surface area contributed by atoms with Gasteiger partial charge in [0, 0.05) is 36.1 Å². The largest absolute Gasteiger partial charge is 0.487 e. The highest BCUT2D eigenvalue weighted by Crippen LogP contribution is 2.28. The van der Waals surface area contributed by atoms with Crippen LogP contribution in [-0.4, -0.2) is 85.3 Å². The van der Waals surface area contributed by atoms with E-state index in [1.54, 1.807) is 29.2 Å². The Kier molecular flexibility index (Phi) is 9.93. The number of aromatic nitrogens is 1. The fourth-order valence-electron chi connectivity index (χ4n) is 4.27. The minimum Gasteiger partial charge on any atom is -0.487 e. The number of nitrogens with zero attached hydrogens (tertiary/aromatic N) is 4. The van der Waals surface area contributed by atoms with Crippen molar-refractivity contribution in [1.82, 2.24) is 19.3 Å². The Bertz CT molecular complexity index is 1160. The third kappa shape index (κ3) is 7.09. The van der Waals surface area contributed by atoms with Crippen LogP contribution in [0.3, 0.4) is 0 Å². The molecule has 0 saturated heterocycles. The molecule has 0 unspecified atom stereocenters. The first kappa shape index (κ1) is 27.7. The zero-order valence-electron chi connectivity index (χ0n) is 22.0.